The van der Waals surface area contributed by atoms with Crippen LogP contribution in [0.15, 0.2) is 12.1 Å². The van der Waals surface area contributed by atoms with Crippen molar-refractivity contribution in [2.45, 2.75) is 33.6 Å². The third-order valence-corrected chi connectivity index (χ3v) is 4.49. The Morgan fingerprint density at radius 2 is 2.11 bits per heavy atom. The molecule has 0 aromatic heterocycles. The molecular formula is C16H24ClNO. The number of piperidine rings is 1. The standard InChI is InChI=1S/C16H24ClNO/c1-12-5-4-8-18(11-12)9-10-19-16-7-6-15(17)13(2)14(16)3/h6-7,12H,4-5,8-11H2,1-3H3/t12-/m0/s1. The van der Waals surface area contributed by atoms with Gasteiger partial charge in [0, 0.05) is 18.1 Å². The van der Waals surface area contributed by atoms with Crippen LogP contribution in [0.25, 0.3) is 0 Å². The van der Waals surface area contributed by atoms with E-state index in [-0.39, 0.29) is 0 Å². The highest BCUT2D eigenvalue weighted by molar-refractivity contribution is 6.31. The van der Waals surface area contributed by atoms with Crippen LogP contribution in [0.1, 0.15) is 30.9 Å². The molecule has 3 heteroatoms. The zero-order valence-corrected chi connectivity index (χ0v) is 13.0. The molecule has 0 amide bonds. The van der Waals surface area contributed by atoms with Gasteiger partial charge in [-0.3, -0.25) is 4.90 Å². The van der Waals surface area contributed by atoms with Crippen molar-refractivity contribution in [3.05, 3.63) is 28.3 Å². The number of rotatable bonds is 4. The number of hydrogen-bond acceptors (Lipinski definition) is 2. The van der Waals surface area contributed by atoms with E-state index in [0.717, 1.165) is 41.0 Å². The summed E-state index contributed by atoms with van der Waals surface area (Å²) in [6, 6.07) is 3.89. The van der Waals surface area contributed by atoms with Crippen molar-refractivity contribution in [1.82, 2.24) is 4.90 Å². The second kappa shape index (κ2) is 6.62. The minimum absolute atomic E-state index is 0.759. The molecule has 0 radical (unpaired) electrons. The predicted molar refractivity (Wildman–Crippen MR) is 81.3 cm³/mol. The van der Waals surface area contributed by atoms with Gasteiger partial charge < -0.3 is 4.74 Å². The van der Waals surface area contributed by atoms with Gasteiger partial charge in [-0.1, -0.05) is 18.5 Å². The average molecular weight is 282 g/mol. The van der Waals surface area contributed by atoms with E-state index < -0.39 is 0 Å². The average Bonchev–Trinajstić information content (AvgIpc) is 2.39. The van der Waals surface area contributed by atoms with Crippen LogP contribution in [0, 0.1) is 19.8 Å². The predicted octanol–water partition coefficient (Wildman–Crippen LogP) is 4.07. The maximum Gasteiger partial charge on any atom is 0.122 e. The van der Waals surface area contributed by atoms with E-state index in [1.165, 1.54) is 25.9 Å². The van der Waals surface area contributed by atoms with Crippen molar-refractivity contribution < 1.29 is 4.74 Å². The first kappa shape index (κ1) is 14.7. The van der Waals surface area contributed by atoms with E-state index in [1.54, 1.807) is 0 Å². The number of hydrogen-bond donors (Lipinski definition) is 0. The molecule has 1 heterocycles. The van der Waals surface area contributed by atoms with E-state index >= 15 is 0 Å². The first-order valence-electron chi connectivity index (χ1n) is 7.18. The number of ether oxygens (including phenoxy) is 1. The third-order valence-electron chi connectivity index (χ3n) is 4.08. The van der Waals surface area contributed by atoms with Crippen LogP contribution in [0.4, 0.5) is 0 Å². The molecule has 1 aromatic rings. The van der Waals surface area contributed by atoms with Crippen molar-refractivity contribution in [1.29, 1.82) is 0 Å². The summed E-state index contributed by atoms with van der Waals surface area (Å²) in [5.41, 5.74) is 2.27. The highest BCUT2D eigenvalue weighted by Gasteiger charge is 2.16. The van der Waals surface area contributed by atoms with Crippen LogP contribution in [-0.4, -0.2) is 31.1 Å². The lowest BCUT2D eigenvalue weighted by molar-refractivity contribution is 0.153. The van der Waals surface area contributed by atoms with Gasteiger partial charge in [-0.25, -0.2) is 0 Å². The van der Waals surface area contributed by atoms with Gasteiger partial charge in [-0.15, -0.1) is 0 Å². The Morgan fingerprint density at radius 3 is 2.84 bits per heavy atom. The maximum atomic E-state index is 6.09. The van der Waals surface area contributed by atoms with E-state index in [1.807, 2.05) is 19.1 Å². The first-order valence-corrected chi connectivity index (χ1v) is 7.56. The van der Waals surface area contributed by atoms with Crippen LogP contribution in [0.3, 0.4) is 0 Å². The fraction of sp³-hybridized carbons (Fsp3) is 0.625. The van der Waals surface area contributed by atoms with Crippen LogP contribution in [0.2, 0.25) is 5.02 Å². The fourth-order valence-corrected chi connectivity index (χ4v) is 2.90. The normalized spacial score (nSPS) is 20.5. The summed E-state index contributed by atoms with van der Waals surface area (Å²) in [5, 5.41) is 0.815. The molecule has 19 heavy (non-hydrogen) atoms. The van der Waals surface area contributed by atoms with Gasteiger partial charge in [-0.05, 0) is 62.4 Å². The summed E-state index contributed by atoms with van der Waals surface area (Å²) in [5.74, 6) is 1.79. The van der Waals surface area contributed by atoms with Gasteiger partial charge in [0.05, 0.1) is 0 Å². The lowest BCUT2D eigenvalue weighted by Gasteiger charge is -2.30. The second-order valence-electron chi connectivity index (χ2n) is 5.69. The van der Waals surface area contributed by atoms with Crippen LogP contribution < -0.4 is 4.74 Å². The first-order chi connectivity index (χ1) is 9.08. The molecule has 1 aliphatic heterocycles. The summed E-state index contributed by atoms with van der Waals surface area (Å²) >= 11 is 6.09. The Labute approximate surface area is 121 Å². The summed E-state index contributed by atoms with van der Waals surface area (Å²) in [7, 11) is 0. The highest BCUT2D eigenvalue weighted by atomic mass is 35.5. The molecule has 2 rings (SSSR count). The molecule has 1 atom stereocenters. The number of nitrogens with zero attached hydrogens (tertiary/aromatic N) is 1. The van der Waals surface area contributed by atoms with Crippen molar-refractivity contribution in [2.24, 2.45) is 5.92 Å². The van der Waals surface area contributed by atoms with Gasteiger partial charge in [-0.2, -0.15) is 0 Å². The monoisotopic (exact) mass is 281 g/mol. The molecule has 0 bridgehead atoms. The maximum absolute atomic E-state index is 6.09. The lowest BCUT2D eigenvalue weighted by atomic mass is 10.0. The molecule has 1 saturated heterocycles. The van der Waals surface area contributed by atoms with Gasteiger partial charge in [0.1, 0.15) is 12.4 Å². The molecule has 1 aliphatic rings. The van der Waals surface area contributed by atoms with Crippen molar-refractivity contribution in [3.63, 3.8) is 0 Å². The molecule has 0 unspecified atom stereocenters. The smallest absolute Gasteiger partial charge is 0.122 e. The molecule has 0 aliphatic carbocycles. The van der Waals surface area contributed by atoms with Crippen LogP contribution >= 0.6 is 11.6 Å². The quantitative estimate of drug-likeness (QED) is 0.825. The lowest BCUT2D eigenvalue weighted by Crippen LogP contribution is -2.37. The molecule has 0 N–H and O–H groups in total. The summed E-state index contributed by atoms with van der Waals surface area (Å²) in [6.07, 6.45) is 2.69. The third kappa shape index (κ3) is 3.87. The van der Waals surface area contributed by atoms with Crippen LogP contribution in [0.5, 0.6) is 5.75 Å². The number of likely N-dealkylation sites (tertiary alicyclic amines) is 1. The van der Waals surface area contributed by atoms with Gasteiger partial charge >= 0.3 is 0 Å². The second-order valence-corrected chi connectivity index (χ2v) is 6.10. The van der Waals surface area contributed by atoms with Crippen molar-refractivity contribution >= 4 is 11.6 Å². The Morgan fingerprint density at radius 1 is 1.32 bits per heavy atom. The zero-order valence-electron chi connectivity index (χ0n) is 12.2. The number of halogens is 1. The highest BCUT2D eigenvalue weighted by Crippen LogP contribution is 2.27. The summed E-state index contributed by atoms with van der Waals surface area (Å²) in [4.78, 5) is 2.51. The molecular weight excluding hydrogens is 258 g/mol. The van der Waals surface area contributed by atoms with Gasteiger partial charge in [0.2, 0.25) is 0 Å². The molecule has 1 aromatic carbocycles. The Balaban J connectivity index is 1.84. The van der Waals surface area contributed by atoms with E-state index in [0.29, 0.717) is 0 Å². The van der Waals surface area contributed by atoms with Crippen LogP contribution in [-0.2, 0) is 0 Å². The molecule has 2 nitrogen and oxygen atoms in total. The largest absolute Gasteiger partial charge is 0.492 e. The molecule has 0 spiro atoms. The Hall–Kier alpha value is -0.730. The Kier molecular flexibility index (Phi) is 5.12. The molecule has 1 fully saturated rings. The SMILES string of the molecule is Cc1c(Cl)ccc(OCCN2CCC[C@H](C)C2)c1C. The Bertz CT molecular complexity index is 433. The van der Waals surface area contributed by atoms with E-state index in [2.05, 4.69) is 18.7 Å². The molecule has 106 valence electrons. The van der Waals surface area contributed by atoms with Gasteiger partial charge in [0.25, 0.3) is 0 Å². The minimum Gasteiger partial charge on any atom is -0.492 e. The molecule has 0 saturated carbocycles. The zero-order chi connectivity index (χ0) is 13.8. The van der Waals surface area contributed by atoms with E-state index in [4.69, 9.17) is 16.3 Å². The summed E-state index contributed by atoms with van der Waals surface area (Å²) in [6.45, 7) is 10.6. The number of benzene rings is 1. The van der Waals surface area contributed by atoms with Crippen molar-refractivity contribution in [2.75, 3.05) is 26.2 Å². The minimum atomic E-state index is 0.759. The fourth-order valence-electron chi connectivity index (χ4n) is 2.69. The van der Waals surface area contributed by atoms with Gasteiger partial charge in [0.15, 0.2) is 0 Å². The summed E-state index contributed by atoms with van der Waals surface area (Å²) < 4.78 is 5.91. The van der Waals surface area contributed by atoms with E-state index in [9.17, 15) is 0 Å². The topological polar surface area (TPSA) is 12.5 Å². The van der Waals surface area contributed by atoms with Crippen molar-refractivity contribution in [3.8, 4) is 5.75 Å².